The summed E-state index contributed by atoms with van der Waals surface area (Å²) in [7, 11) is 0. The number of rotatable bonds is 6. The van der Waals surface area contributed by atoms with E-state index >= 15 is 0 Å². The van der Waals surface area contributed by atoms with Gasteiger partial charge in [0, 0.05) is 11.1 Å². The summed E-state index contributed by atoms with van der Waals surface area (Å²) >= 11 is 0. The zero-order chi connectivity index (χ0) is 18.1. The SMILES string of the molecule is C=C(Cn1nnc2ccccc21)C(=O)C(=C)Cn1nnc2ccccc21. The van der Waals surface area contributed by atoms with E-state index in [4.69, 9.17) is 0 Å². The van der Waals surface area contributed by atoms with Crippen molar-refractivity contribution < 1.29 is 4.79 Å². The molecule has 128 valence electrons. The Morgan fingerprint density at radius 2 is 1.19 bits per heavy atom. The Morgan fingerprint density at radius 3 is 1.65 bits per heavy atom. The molecule has 26 heavy (non-hydrogen) atoms. The summed E-state index contributed by atoms with van der Waals surface area (Å²) < 4.78 is 3.32. The van der Waals surface area contributed by atoms with Crippen molar-refractivity contribution in [2.75, 3.05) is 0 Å². The summed E-state index contributed by atoms with van der Waals surface area (Å²) in [5.74, 6) is -0.204. The van der Waals surface area contributed by atoms with Crippen molar-refractivity contribution in [2.45, 2.75) is 13.1 Å². The van der Waals surface area contributed by atoms with E-state index in [1.807, 2.05) is 48.5 Å². The monoisotopic (exact) mass is 344 g/mol. The molecule has 0 amide bonds. The smallest absolute Gasteiger partial charge is 0.187 e. The average Bonchev–Trinajstić information content (AvgIpc) is 3.26. The van der Waals surface area contributed by atoms with Crippen molar-refractivity contribution in [2.24, 2.45) is 0 Å². The first-order valence-electron chi connectivity index (χ1n) is 8.10. The van der Waals surface area contributed by atoms with Gasteiger partial charge in [-0.15, -0.1) is 10.2 Å². The fourth-order valence-corrected chi connectivity index (χ4v) is 2.82. The zero-order valence-corrected chi connectivity index (χ0v) is 14.0. The van der Waals surface area contributed by atoms with Crippen molar-refractivity contribution in [3.63, 3.8) is 0 Å². The van der Waals surface area contributed by atoms with Gasteiger partial charge < -0.3 is 0 Å². The van der Waals surface area contributed by atoms with Gasteiger partial charge in [-0.3, -0.25) is 4.79 Å². The number of hydrogen-bond acceptors (Lipinski definition) is 5. The summed E-state index contributed by atoms with van der Waals surface area (Å²) in [6, 6.07) is 15.2. The molecule has 0 bridgehead atoms. The minimum atomic E-state index is -0.204. The molecule has 0 fully saturated rings. The van der Waals surface area contributed by atoms with Gasteiger partial charge in [-0.1, -0.05) is 47.9 Å². The van der Waals surface area contributed by atoms with E-state index in [9.17, 15) is 4.79 Å². The van der Waals surface area contributed by atoms with Crippen LogP contribution < -0.4 is 0 Å². The highest BCUT2D eigenvalue weighted by Crippen LogP contribution is 2.15. The predicted molar refractivity (Wildman–Crippen MR) is 98.3 cm³/mol. The molecule has 0 saturated carbocycles. The fraction of sp³-hybridized carbons (Fsp3) is 0.105. The quantitative estimate of drug-likeness (QED) is 0.502. The molecule has 0 saturated heterocycles. The van der Waals surface area contributed by atoms with Crippen molar-refractivity contribution in [3.05, 3.63) is 72.8 Å². The summed E-state index contributed by atoms with van der Waals surface area (Å²) in [4.78, 5) is 12.6. The van der Waals surface area contributed by atoms with E-state index in [-0.39, 0.29) is 18.9 Å². The molecular formula is C19H16N6O. The predicted octanol–water partition coefficient (Wildman–Crippen LogP) is 2.56. The summed E-state index contributed by atoms with van der Waals surface area (Å²) in [5.41, 5.74) is 4.06. The summed E-state index contributed by atoms with van der Waals surface area (Å²) in [5, 5.41) is 16.4. The third-order valence-electron chi connectivity index (χ3n) is 4.16. The lowest BCUT2D eigenvalue weighted by atomic mass is 10.1. The number of carbonyl (C=O) groups excluding carboxylic acids is 1. The molecule has 4 rings (SSSR count). The Kier molecular flexibility index (Phi) is 3.89. The van der Waals surface area contributed by atoms with Gasteiger partial charge in [0.05, 0.1) is 24.1 Å². The van der Waals surface area contributed by atoms with Gasteiger partial charge >= 0.3 is 0 Å². The minimum Gasteiger partial charge on any atom is -0.289 e. The molecule has 0 aliphatic rings. The van der Waals surface area contributed by atoms with Crippen LogP contribution in [0.1, 0.15) is 0 Å². The summed E-state index contributed by atoms with van der Waals surface area (Å²) in [6.45, 7) is 8.33. The number of hydrogen-bond donors (Lipinski definition) is 0. The number of nitrogens with zero attached hydrogens (tertiary/aromatic N) is 6. The third-order valence-corrected chi connectivity index (χ3v) is 4.16. The van der Waals surface area contributed by atoms with Gasteiger partial charge in [-0.2, -0.15) is 0 Å². The highest BCUT2D eigenvalue weighted by molar-refractivity contribution is 6.07. The lowest BCUT2D eigenvalue weighted by Crippen LogP contribution is -2.15. The average molecular weight is 344 g/mol. The highest BCUT2D eigenvalue weighted by atomic mass is 16.1. The van der Waals surface area contributed by atoms with Gasteiger partial charge in [0.15, 0.2) is 5.78 Å². The molecule has 0 atom stereocenters. The molecule has 0 radical (unpaired) electrons. The largest absolute Gasteiger partial charge is 0.289 e. The highest BCUT2D eigenvalue weighted by Gasteiger charge is 2.16. The van der Waals surface area contributed by atoms with Crippen LogP contribution in [0.2, 0.25) is 0 Å². The van der Waals surface area contributed by atoms with Crippen molar-refractivity contribution >= 4 is 27.9 Å². The number of carbonyl (C=O) groups is 1. The number of allylic oxidation sites excluding steroid dienone is 2. The molecule has 7 heteroatoms. The normalized spacial score (nSPS) is 11.1. The molecule has 4 aromatic rings. The molecule has 2 aromatic heterocycles. The van der Waals surface area contributed by atoms with Crippen molar-refractivity contribution in [1.29, 1.82) is 0 Å². The fourth-order valence-electron chi connectivity index (χ4n) is 2.82. The molecule has 7 nitrogen and oxygen atoms in total. The van der Waals surface area contributed by atoms with Crippen LogP contribution in [0.3, 0.4) is 0 Å². The molecule has 0 aliphatic carbocycles. The number of ketones is 1. The van der Waals surface area contributed by atoms with Crippen LogP contribution in [0.15, 0.2) is 72.8 Å². The van der Waals surface area contributed by atoms with E-state index in [0.29, 0.717) is 11.1 Å². The summed E-state index contributed by atoms with van der Waals surface area (Å²) in [6.07, 6.45) is 0. The van der Waals surface area contributed by atoms with Crippen LogP contribution in [0.4, 0.5) is 0 Å². The van der Waals surface area contributed by atoms with E-state index < -0.39 is 0 Å². The Balaban J connectivity index is 1.49. The van der Waals surface area contributed by atoms with Crippen LogP contribution in [0.5, 0.6) is 0 Å². The second-order valence-corrected chi connectivity index (χ2v) is 6.01. The van der Waals surface area contributed by atoms with Crippen LogP contribution in [-0.4, -0.2) is 35.8 Å². The van der Waals surface area contributed by atoms with Crippen LogP contribution in [-0.2, 0) is 17.9 Å². The van der Waals surface area contributed by atoms with Gasteiger partial charge in [-0.05, 0) is 24.3 Å². The zero-order valence-electron chi connectivity index (χ0n) is 14.0. The van der Waals surface area contributed by atoms with Crippen molar-refractivity contribution in [1.82, 2.24) is 30.0 Å². The van der Waals surface area contributed by atoms with Gasteiger partial charge in [-0.25, -0.2) is 9.36 Å². The lowest BCUT2D eigenvalue weighted by molar-refractivity contribution is -0.112. The molecular weight excluding hydrogens is 328 g/mol. The van der Waals surface area contributed by atoms with Crippen molar-refractivity contribution in [3.8, 4) is 0 Å². The van der Waals surface area contributed by atoms with Gasteiger partial charge in [0.25, 0.3) is 0 Å². The number of benzene rings is 2. The molecule has 2 heterocycles. The minimum absolute atomic E-state index is 0.204. The Morgan fingerprint density at radius 1 is 0.769 bits per heavy atom. The van der Waals surface area contributed by atoms with E-state index in [1.165, 1.54) is 0 Å². The number of para-hydroxylation sites is 2. The second kappa shape index (κ2) is 6.36. The maximum atomic E-state index is 12.6. The maximum absolute atomic E-state index is 12.6. The van der Waals surface area contributed by atoms with E-state index in [2.05, 4.69) is 33.8 Å². The molecule has 0 unspecified atom stereocenters. The third kappa shape index (κ3) is 2.79. The first-order valence-corrected chi connectivity index (χ1v) is 8.10. The van der Waals surface area contributed by atoms with Gasteiger partial charge in [0.1, 0.15) is 11.0 Å². The van der Waals surface area contributed by atoms with Crippen LogP contribution >= 0.6 is 0 Å². The molecule has 0 N–H and O–H groups in total. The van der Waals surface area contributed by atoms with Crippen LogP contribution in [0, 0.1) is 0 Å². The molecule has 2 aromatic carbocycles. The lowest BCUT2D eigenvalue weighted by Gasteiger charge is -2.09. The topological polar surface area (TPSA) is 78.5 Å². The number of fused-ring (bicyclic) bond motifs is 2. The Bertz CT molecular complexity index is 1060. The first-order chi connectivity index (χ1) is 12.6. The molecule has 0 aliphatic heterocycles. The second-order valence-electron chi connectivity index (χ2n) is 6.01. The molecule has 0 spiro atoms. The number of aromatic nitrogens is 6. The Hall–Kier alpha value is -3.61. The van der Waals surface area contributed by atoms with Crippen LogP contribution in [0.25, 0.3) is 22.1 Å². The van der Waals surface area contributed by atoms with E-state index in [1.54, 1.807) is 9.36 Å². The Labute approximate surface area is 149 Å². The standard InChI is InChI=1S/C19H16N6O/c1-13(11-24-17-9-5-3-7-15(17)20-22-24)19(26)14(2)12-25-18-10-6-4-8-16(18)21-23-25/h3-10H,1-2,11-12H2. The maximum Gasteiger partial charge on any atom is 0.187 e. The van der Waals surface area contributed by atoms with E-state index in [0.717, 1.165) is 22.1 Å². The number of Topliss-reactive ketones (excluding diaryl/α,β-unsaturated/α-hetero) is 1. The van der Waals surface area contributed by atoms with Gasteiger partial charge in [0.2, 0.25) is 0 Å². The first kappa shape index (κ1) is 15.9.